The average Bonchev–Trinajstić information content (AvgIpc) is 2.34. The van der Waals surface area contributed by atoms with Crippen LogP contribution in [0.5, 0.6) is 0 Å². The molecular weight excluding hydrogens is 349 g/mol. The van der Waals surface area contributed by atoms with E-state index >= 15 is 0 Å². The van der Waals surface area contributed by atoms with Crippen molar-refractivity contribution < 1.29 is 0 Å². The Bertz CT molecular complexity index is 374. The summed E-state index contributed by atoms with van der Waals surface area (Å²) in [6.07, 6.45) is 6.35. The molecule has 0 aliphatic heterocycles. The second-order valence-corrected chi connectivity index (χ2v) is 5.01. The third-order valence-electron chi connectivity index (χ3n) is 3.61. The Morgan fingerprint density at radius 1 is 1.26 bits per heavy atom. The summed E-state index contributed by atoms with van der Waals surface area (Å²) in [6, 6.07) is 10.4. The highest BCUT2D eigenvalue weighted by atomic mass is 127. The maximum Gasteiger partial charge on any atom is 0.188 e. The van der Waals surface area contributed by atoms with E-state index in [0.29, 0.717) is 5.96 Å². The van der Waals surface area contributed by atoms with Gasteiger partial charge < -0.3 is 11.1 Å². The van der Waals surface area contributed by atoms with Crippen molar-refractivity contribution in [1.29, 1.82) is 0 Å². The molecule has 0 aromatic heterocycles. The van der Waals surface area contributed by atoms with E-state index < -0.39 is 0 Å². The molecule has 1 saturated carbocycles. The van der Waals surface area contributed by atoms with Gasteiger partial charge in [-0.25, -0.2) is 0 Å². The van der Waals surface area contributed by atoms with Gasteiger partial charge in [-0.3, -0.25) is 4.99 Å². The maximum atomic E-state index is 5.82. The van der Waals surface area contributed by atoms with Crippen LogP contribution in [0, 0.1) is 5.92 Å². The quantitative estimate of drug-likeness (QED) is 0.458. The number of aliphatic imine (C=N–C) groups is 1. The molecule has 1 aromatic carbocycles. The predicted octanol–water partition coefficient (Wildman–Crippen LogP) is 2.94. The molecule has 0 saturated heterocycles. The molecule has 0 amide bonds. The number of guanidine groups is 1. The van der Waals surface area contributed by atoms with Crippen LogP contribution in [-0.2, 0) is 6.42 Å². The first-order valence-corrected chi connectivity index (χ1v) is 6.92. The van der Waals surface area contributed by atoms with Crippen LogP contribution < -0.4 is 11.1 Å². The molecular formula is C15H24IN3. The molecule has 0 radical (unpaired) electrons. The van der Waals surface area contributed by atoms with Crippen LogP contribution >= 0.6 is 24.0 Å². The summed E-state index contributed by atoms with van der Waals surface area (Å²) in [6.45, 7) is 1.72. The first kappa shape index (κ1) is 16.3. The second kappa shape index (κ2) is 9.18. The number of hydrogen-bond acceptors (Lipinski definition) is 1. The summed E-state index contributed by atoms with van der Waals surface area (Å²) < 4.78 is 0. The number of benzene rings is 1. The second-order valence-electron chi connectivity index (χ2n) is 5.01. The predicted molar refractivity (Wildman–Crippen MR) is 92.0 cm³/mol. The lowest BCUT2D eigenvalue weighted by Gasteiger charge is -2.24. The van der Waals surface area contributed by atoms with E-state index in [4.69, 9.17) is 5.73 Å². The standard InChI is InChI=1S/C15H23N3.HI/c16-15(18-12-10-14-7-4-8-14)17-11-9-13-5-2-1-3-6-13;/h1-3,5-6,14H,4,7-12H2,(H3,16,17,18);1H. The molecule has 4 heteroatoms. The van der Waals surface area contributed by atoms with Gasteiger partial charge >= 0.3 is 0 Å². The summed E-state index contributed by atoms with van der Waals surface area (Å²) in [4.78, 5) is 4.36. The van der Waals surface area contributed by atoms with Gasteiger partial charge in [-0.1, -0.05) is 49.6 Å². The zero-order valence-electron chi connectivity index (χ0n) is 11.3. The SMILES string of the molecule is I.NC(=NCCC1CCC1)NCCc1ccccc1. The maximum absolute atomic E-state index is 5.82. The van der Waals surface area contributed by atoms with Crippen molar-refractivity contribution >= 4 is 29.9 Å². The largest absolute Gasteiger partial charge is 0.370 e. The van der Waals surface area contributed by atoms with Crippen LogP contribution in [0.15, 0.2) is 35.3 Å². The van der Waals surface area contributed by atoms with Crippen molar-refractivity contribution in [3.63, 3.8) is 0 Å². The molecule has 0 atom stereocenters. The van der Waals surface area contributed by atoms with Gasteiger partial charge in [-0.15, -0.1) is 24.0 Å². The fourth-order valence-corrected chi connectivity index (χ4v) is 2.18. The number of hydrogen-bond donors (Lipinski definition) is 2. The first-order chi connectivity index (χ1) is 8.84. The molecule has 1 aromatic rings. The highest BCUT2D eigenvalue weighted by Crippen LogP contribution is 2.28. The third kappa shape index (κ3) is 6.27. The lowest BCUT2D eigenvalue weighted by molar-refractivity contribution is 0.300. The minimum absolute atomic E-state index is 0. The van der Waals surface area contributed by atoms with Gasteiger partial charge in [0.05, 0.1) is 0 Å². The van der Waals surface area contributed by atoms with Crippen LogP contribution in [0.1, 0.15) is 31.2 Å². The van der Waals surface area contributed by atoms with Crippen LogP contribution in [0.25, 0.3) is 0 Å². The Labute approximate surface area is 133 Å². The lowest BCUT2D eigenvalue weighted by atomic mass is 9.83. The Morgan fingerprint density at radius 3 is 2.63 bits per heavy atom. The molecule has 0 unspecified atom stereocenters. The van der Waals surface area contributed by atoms with Gasteiger partial charge in [-0.2, -0.15) is 0 Å². The normalized spacial score (nSPS) is 15.5. The van der Waals surface area contributed by atoms with Gasteiger partial charge in [-0.05, 0) is 24.3 Å². The molecule has 1 aliphatic carbocycles. The fraction of sp³-hybridized carbons (Fsp3) is 0.533. The molecule has 1 fully saturated rings. The molecule has 1 aliphatic rings. The summed E-state index contributed by atoms with van der Waals surface area (Å²) in [5.41, 5.74) is 7.15. The van der Waals surface area contributed by atoms with E-state index in [9.17, 15) is 0 Å². The third-order valence-corrected chi connectivity index (χ3v) is 3.61. The van der Waals surface area contributed by atoms with Crippen molar-refractivity contribution in [3.05, 3.63) is 35.9 Å². The van der Waals surface area contributed by atoms with Gasteiger partial charge in [0, 0.05) is 13.1 Å². The van der Waals surface area contributed by atoms with E-state index in [1.165, 1.54) is 31.2 Å². The van der Waals surface area contributed by atoms with Crippen LogP contribution in [0.4, 0.5) is 0 Å². The Hall–Kier alpha value is -0.780. The summed E-state index contributed by atoms with van der Waals surface area (Å²) in [5.74, 6) is 1.50. The van der Waals surface area contributed by atoms with Crippen LogP contribution in [0.2, 0.25) is 0 Å². The molecule has 0 bridgehead atoms. The van der Waals surface area contributed by atoms with Gasteiger partial charge in [0.25, 0.3) is 0 Å². The Balaban J connectivity index is 0.00000180. The van der Waals surface area contributed by atoms with Crippen molar-refractivity contribution in [2.45, 2.75) is 32.1 Å². The molecule has 3 N–H and O–H groups in total. The van der Waals surface area contributed by atoms with E-state index in [1.807, 2.05) is 6.07 Å². The van der Waals surface area contributed by atoms with E-state index in [0.717, 1.165) is 25.4 Å². The minimum Gasteiger partial charge on any atom is -0.370 e. The average molecular weight is 373 g/mol. The molecule has 0 spiro atoms. The fourth-order valence-electron chi connectivity index (χ4n) is 2.18. The van der Waals surface area contributed by atoms with Crippen molar-refractivity contribution in [2.75, 3.05) is 13.1 Å². The summed E-state index contributed by atoms with van der Waals surface area (Å²) in [5, 5.41) is 3.17. The molecule has 106 valence electrons. The number of nitrogens with one attached hydrogen (secondary N) is 1. The van der Waals surface area contributed by atoms with Gasteiger partial charge in [0.15, 0.2) is 5.96 Å². The van der Waals surface area contributed by atoms with Crippen molar-refractivity contribution in [2.24, 2.45) is 16.6 Å². The van der Waals surface area contributed by atoms with Gasteiger partial charge in [0.1, 0.15) is 0 Å². The van der Waals surface area contributed by atoms with E-state index in [1.54, 1.807) is 0 Å². The molecule has 2 rings (SSSR count). The van der Waals surface area contributed by atoms with Crippen LogP contribution in [-0.4, -0.2) is 19.0 Å². The monoisotopic (exact) mass is 373 g/mol. The number of rotatable bonds is 6. The Kier molecular flexibility index (Phi) is 7.86. The van der Waals surface area contributed by atoms with Crippen molar-refractivity contribution in [3.8, 4) is 0 Å². The first-order valence-electron chi connectivity index (χ1n) is 6.92. The topological polar surface area (TPSA) is 50.4 Å². The lowest BCUT2D eigenvalue weighted by Crippen LogP contribution is -2.33. The number of nitrogens with two attached hydrogens (primary N) is 1. The number of halogens is 1. The zero-order chi connectivity index (χ0) is 12.6. The smallest absolute Gasteiger partial charge is 0.188 e. The molecule has 0 heterocycles. The van der Waals surface area contributed by atoms with Crippen LogP contribution in [0.3, 0.4) is 0 Å². The zero-order valence-corrected chi connectivity index (χ0v) is 13.7. The Morgan fingerprint density at radius 2 is 2.00 bits per heavy atom. The van der Waals surface area contributed by atoms with Gasteiger partial charge in [0.2, 0.25) is 0 Å². The highest BCUT2D eigenvalue weighted by molar-refractivity contribution is 14.0. The number of nitrogens with zero attached hydrogens (tertiary/aromatic N) is 1. The minimum atomic E-state index is 0. The summed E-state index contributed by atoms with van der Waals surface area (Å²) >= 11 is 0. The van der Waals surface area contributed by atoms with E-state index in [2.05, 4.69) is 34.6 Å². The van der Waals surface area contributed by atoms with E-state index in [-0.39, 0.29) is 24.0 Å². The molecule has 3 nitrogen and oxygen atoms in total. The molecule has 19 heavy (non-hydrogen) atoms. The highest BCUT2D eigenvalue weighted by Gasteiger charge is 2.16. The summed E-state index contributed by atoms with van der Waals surface area (Å²) in [7, 11) is 0. The van der Waals surface area contributed by atoms with Crippen molar-refractivity contribution in [1.82, 2.24) is 5.32 Å².